The molecule has 1 fully saturated rings. The average Bonchev–Trinajstić information content (AvgIpc) is 2.81. The third-order valence-electron chi connectivity index (χ3n) is 3.01. The lowest BCUT2D eigenvalue weighted by Crippen LogP contribution is -2.16. The topological polar surface area (TPSA) is 64.3 Å². The summed E-state index contributed by atoms with van der Waals surface area (Å²) >= 11 is 0. The summed E-state index contributed by atoms with van der Waals surface area (Å²) in [6.45, 7) is 0.912. The predicted octanol–water partition coefficient (Wildman–Crippen LogP) is 1.62. The molecule has 5 heteroatoms. The van der Waals surface area contributed by atoms with Crippen LogP contribution in [0.1, 0.15) is 34.8 Å². The second kappa shape index (κ2) is 4.71. The van der Waals surface area contributed by atoms with Gasteiger partial charge >= 0.3 is 5.97 Å². The monoisotopic (exact) mass is 238 g/mol. The molecule has 1 aromatic carbocycles. The Morgan fingerprint density at radius 1 is 1.59 bits per heavy atom. The Kier molecular flexibility index (Phi) is 3.28. The lowest BCUT2D eigenvalue weighted by molar-refractivity contribution is 0.0595. The minimum Gasteiger partial charge on any atom is -0.465 e. The minimum absolute atomic E-state index is 0.0644. The molecule has 0 spiro atoms. The number of benzene rings is 1. The number of ether oxygens (including phenoxy) is 1. The van der Waals surface area contributed by atoms with Crippen LogP contribution in [-0.4, -0.2) is 19.6 Å². The molecule has 1 heterocycles. The number of esters is 1. The van der Waals surface area contributed by atoms with Crippen molar-refractivity contribution in [2.45, 2.75) is 18.9 Å². The van der Waals surface area contributed by atoms with Crippen molar-refractivity contribution in [1.82, 2.24) is 5.32 Å². The van der Waals surface area contributed by atoms with Gasteiger partial charge in [0.25, 0.3) is 0 Å². The van der Waals surface area contributed by atoms with Crippen LogP contribution >= 0.6 is 0 Å². The van der Waals surface area contributed by atoms with Crippen LogP contribution in [0.25, 0.3) is 0 Å². The lowest BCUT2D eigenvalue weighted by Gasteiger charge is -2.15. The van der Waals surface area contributed by atoms with E-state index in [2.05, 4.69) is 10.1 Å². The first-order chi connectivity index (χ1) is 8.13. The van der Waals surface area contributed by atoms with E-state index in [4.69, 9.17) is 5.73 Å². The SMILES string of the molecule is COC(=O)c1cc([C@H]2CCCN2)c(N)cc1F. The van der Waals surface area contributed by atoms with Gasteiger partial charge in [0.1, 0.15) is 5.82 Å². The fraction of sp³-hybridized carbons (Fsp3) is 0.417. The minimum atomic E-state index is -0.679. The van der Waals surface area contributed by atoms with E-state index in [1.807, 2.05) is 0 Å². The second-order valence-corrected chi connectivity index (χ2v) is 4.10. The van der Waals surface area contributed by atoms with Crippen molar-refractivity contribution in [3.63, 3.8) is 0 Å². The third-order valence-corrected chi connectivity index (χ3v) is 3.01. The molecule has 1 aliphatic heterocycles. The zero-order valence-electron chi connectivity index (χ0n) is 9.63. The third kappa shape index (κ3) is 2.24. The Morgan fingerprint density at radius 2 is 2.35 bits per heavy atom. The summed E-state index contributed by atoms with van der Waals surface area (Å²) in [5, 5.41) is 3.26. The molecule has 4 nitrogen and oxygen atoms in total. The fourth-order valence-electron chi connectivity index (χ4n) is 2.12. The van der Waals surface area contributed by atoms with Gasteiger partial charge in [-0.1, -0.05) is 0 Å². The maximum Gasteiger partial charge on any atom is 0.340 e. The molecule has 1 saturated heterocycles. The van der Waals surface area contributed by atoms with Gasteiger partial charge in [0.05, 0.1) is 12.7 Å². The van der Waals surface area contributed by atoms with E-state index in [9.17, 15) is 9.18 Å². The summed E-state index contributed by atoms with van der Waals surface area (Å²) in [7, 11) is 1.23. The molecule has 0 unspecified atom stereocenters. The van der Waals surface area contributed by atoms with Gasteiger partial charge in [-0.05, 0) is 37.1 Å². The Labute approximate surface area is 98.9 Å². The summed E-state index contributed by atoms with van der Waals surface area (Å²) in [6, 6.07) is 2.76. The van der Waals surface area contributed by atoms with Gasteiger partial charge in [-0.3, -0.25) is 0 Å². The lowest BCUT2D eigenvalue weighted by atomic mass is 10.00. The second-order valence-electron chi connectivity index (χ2n) is 4.10. The summed E-state index contributed by atoms with van der Waals surface area (Å²) in [4.78, 5) is 11.4. The number of nitrogens with one attached hydrogen (secondary N) is 1. The van der Waals surface area contributed by atoms with Crippen molar-refractivity contribution in [3.8, 4) is 0 Å². The van der Waals surface area contributed by atoms with Crippen molar-refractivity contribution < 1.29 is 13.9 Å². The first kappa shape index (κ1) is 11.9. The standard InChI is InChI=1S/C12H15FN2O2/c1-17-12(16)7-5-8(10(14)6-9(7)13)11-3-2-4-15-11/h5-6,11,15H,2-4,14H2,1H3/t11-/m1/s1. The van der Waals surface area contributed by atoms with Gasteiger partial charge in [0.15, 0.2) is 0 Å². The van der Waals surface area contributed by atoms with Crippen LogP contribution < -0.4 is 11.1 Å². The number of halogens is 1. The maximum absolute atomic E-state index is 13.6. The van der Waals surface area contributed by atoms with Gasteiger partial charge in [-0.2, -0.15) is 0 Å². The van der Waals surface area contributed by atoms with E-state index < -0.39 is 11.8 Å². The number of carbonyl (C=O) groups is 1. The molecule has 0 aliphatic carbocycles. The van der Waals surface area contributed by atoms with Crippen LogP contribution in [0.3, 0.4) is 0 Å². The molecule has 2 rings (SSSR count). The molecule has 0 amide bonds. The number of hydrogen-bond donors (Lipinski definition) is 2. The molecule has 17 heavy (non-hydrogen) atoms. The van der Waals surface area contributed by atoms with Gasteiger partial charge in [0.2, 0.25) is 0 Å². The average molecular weight is 238 g/mol. The molecule has 0 radical (unpaired) electrons. The molecular weight excluding hydrogens is 223 g/mol. The smallest absolute Gasteiger partial charge is 0.340 e. The fourth-order valence-corrected chi connectivity index (χ4v) is 2.12. The number of methoxy groups -OCH3 is 1. The summed E-state index contributed by atoms with van der Waals surface area (Å²) in [6.07, 6.45) is 1.99. The molecule has 0 bridgehead atoms. The molecule has 0 saturated carbocycles. The molecule has 3 N–H and O–H groups in total. The Bertz CT molecular complexity index is 442. The quantitative estimate of drug-likeness (QED) is 0.607. The van der Waals surface area contributed by atoms with E-state index in [1.54, 1.807) is 0 Å². The summed E-state index contributed by atoms with van der Waals surface area (Å²) in [5.74, 6) is -1.32. The highest BCUT2D eigenvalue weighted by Crippen LogP contribution is 2.29. The molecule has 1 atom stereocenters. The van der Waals surface area contributed by atoms with Crippen LogP contribution in [0.4, 0.5) is 10.1 Å². The molecule has 0 aromatic heterocycles. The first-order valence-electron chi connectivity index (χ1n) is 5.54. The molecule has 1 aromatic rings. The van der Waals surface area contributed by atoms with Gasteiger partial charge in [-0.15, -0.1) is 0 Å². The Balaban J connectivity index is 2.41. The van der Waals surface area contributed by atoms with Crippen molar-refractivity contribution >= 4 is 11.7 Å². The normalized spacial score (nSPS) is 19.3. The number of anilines is 1. The number of hydrogen-bond acceptors (Lipinski definition) is 4. The van der Waals surface area contributed by atoms with E-state index in [-0.39, 0.29) is 11.6 Å². The van der Waals surface area contributed by atoms with Crippen LogP contribution in [0.15, 0.2) is 12.1 Å². The van der Waals surface area contributed by atoms with Crippen LogP contribution in [-0.2, 0) is 4.74 Å². The largest absolute Gasteiger partial charge is 0.465 e. The van der Waals surface area contributed by atoms with Crippen LogP contribution in [0.5, 0.6) is 0 Å². The molecular formula is C12H15FN2O2. The van der Waals surface area contributed by atoms with Crippen molar-refractivity contribution in [2.75, 3.05) is 19.4 Å². The Morgan fingerprint density at radius 3 is 2.94 bits per heavy atom. The van der Waals surface area contributed by atoms with Gasteiger partial charge < -0.3 is 15.8 Å². The Hall–Kier alpha value is -1.62. The van der Waals surface area contributed by atoms with E-state index in [1.165, 1.54) is 19.2 Å². The zero-order valence-corrected chi connectivity index (χ0v) is 9.63. The molecule has 1 aliphatic rings. The number of rotatable bonds is 2. The van der Waals surface area contributed by atoms with Gasteiger partial charge in [0, 0.05) is 11.7 Å². The van der Waals surface area contributed by atoms with E-state index >= 15 is 0 Å². The number of nitrogen functional groups attached to an aromatic ring is 1. The summed E-state index contributed by atoms with van der Waals surface area (Å²) < 4.78 is 18.1. The van der Waals surface area contributed by atoms with Crippen molar-refractivity contribution in [2.24, 2.45) is 0 Å². The van der Waals surface area contributed by atoms with E-state index in [0.717, 1.165) is 24.9 Å². The highest BCUT2D eigenvalue weighted by molar-refractivity contribution is 5.90. The van der Waals surface area contributed by atoms with E-state index in [0.29, 0.717) is 5.69 Å². The maximum atomic E-state index is 13.6. The van der Waals surface area contributed by atoms with Crippen LogP contribution in [0.2, 0.25) is 0 Å². The van der Waals surface area contributed by atoms with Gasteiger partial charge in [-0.25, -0.2) is 9.18 Å². The first-order valence-corrected chi connectivity index (χ1v) is 5.54. The highest BCUT2D eigenvalue weighted by atomic mass is 19.1. The molecule has 92 valence electrons. The highest BCUT2D eigenvalue weighted by Gasteiger charge is 2.22. The van der Waals surface area contributed by atoms with Crippen LogP contribution in [0, 0.1) is 5.82 Å². The number of carbonyl (C=O) groups excluding carboxylic acids is 1. The van der Waals surface area contributed by atoms with Crippen molar-refractivity contribution in [3.05, 3.63) is 29.1 Å². The zero-order chi connectivity index (χ0) is 12.4. The van der Waals surface area contributed by atoms with Crippen molar-refractivity contribution in [1.29, 1.82) is 0 Å². The summed E-state index contributed by atoms with van der Waals surface area (Å²) in [5.41, 5.74) is 6.85. The number of nitrogens with two attached hydrogens (primary N) is 1. The predicted molar refractivity (Wildman–Crippen MR) is 62.1 cm³/mol.